The van der Waals surface area contributed by atoms with Gasteiger partial charge in [0.25, 0.3) is 0 Å². The number of methoxy groups -OCH3 is 1. The summed E-state index contributed by atoms with van der Waals surface area (Å²) < 4.78 is 6.62. The Balaban J connectivity index is 2.55. The Bertz CT molecular complexity index is 373. The van der Waals surface area contributed by atoms with Crippen molar-refractivity contribution in [2.24, 2.45) is 0 Å². The van der Waals surface area contributed by atoms with E-state index in [1.807, 2.05) is 13.8 Å². The van der Waals surface area contributed by atoms with E-state index in [1.165, 1.54) is 0 Å². The second-order valence-electron chi connectivity index (χ2n) is 4.37. The van der Waals surface area contributed by atoms with E-state index in [0.717, 1.165) is 6.42 Å². The molecule has 0 saturated heterocycles. The minimum absolute atomic E-state index is 0.0639. The van der Waals surface area contributed by atoms with Gasteiger partial charge in [-0.1, -0.05) is 0 Å². The number of imidazole rings is 1. The third-order valence-electron chi connectivity index (χ3n) is 2.61. The molecule has 3 N–H and O–H groups in total. The molecule has 1 aromatic rings. The first kappa shape index (κ1) is 13.5. The standard InChI is InChI=1S/C11H20N4O2/c1-11(2,15-7-9(12)14-8-15)10(16)13-5-4-6-17-3/h7-8H,4-6,12H2,1-3H3,(H,13,16). The molecule has 0 aliphatic rings. The molecule has 0 aromatic carbocycles. The summed E-state index contributed by atoms with van der Waals surface area (Å²) in [5.74, 6) is 0.344. The van der Waals surface area contributed by atoms with Crippen molar-refractivity contribution >= 4 is 11.7 Å². The second-order valence-corrected chi connectivity index (χ2v) is 4.37. The van der Waals surface area contributed by atoms with Crippen LogP contribution in [0.2, 0.25) is 0 Å². The van der Waals surface area contributed by atoms with Crippen molar-refractivity contribution in [2.75, 3.05) is 26.0 Å². The van der Waals surface area contributed by atoms with E-state index in [2.05, 4.69) is 10.3 Å². The number of hydrogen-bond acceptors (Lipinski definition) is 4. The molecular weight excluding hydrogens is 220 g/mol. The van der Waals surface area contributed by atoms with E-state index in [1.54, 1.807) is 24.2 Å². The number of ether oxygens (including phenoxy) is 1. The molecule has 0 radical (unpaired) electrons. The molecule has 1 heterocycles. The van der Waals surface area contributed by atoms with Gasteiger partial charge in [-0.05, 0) is 20.3 Å². The lowest BCUT2D eigenvalue weighted by Gasteiger charge is -2.25. The number of anilines is 1. The second kappa shape index (κ2) is 5.67. The quantitative estimate of drug-likeness (QED) is 0.703. The summed E-state index contributed by atoms with van der Waals surface area (Å²) in [5.41, 5.74) is 4.84. The van der Waals surface area contributed by atoms with Crippen molar-refractivity contribution in [2.45, 2.75) is 25.8 Å². The maximum atomic E-state index is 12.0. The molecule has 1 rings (SSSR count). The first-order valence-corrected chi connectivity index (χ1v) is 5.55. The van der Waals surface area contributed by atoms with Crippen LogP contribution in [0.5, 0.6) is 0 Å². The highest BCUT2D eigenvalue weighted by Crippen LogP contribution is 2.16. The van der Waals surface area contributed by atoms with Crippen molar-refractivity contribution in [1.82, 2.24) is 14.9 Å². The van der Waals surface area contributed by atoms with Crippen LogP contribution in [-0.2, 0) is 15.1 Å². The lowest BCUT2D eigenvalue weighted by atomic mass is 10.0. The predicted octanol–water partition coefficient (Wildman–Crippen LogP) is 0.353. The van der Waals surface area contributed by atoms with Crippen LogP contribution in [0, 0.1) is 0 Å². The molecule has 1 amide bonds. The Labute approximate surface area is 101 Å². The monoisotopic (exact) mass is 240 g/mol. The summed E-state index contributed by atoms with van der Waals surface area (Å²) in [6.07, 6.45) is 4.00. The molecule has 0 bridgehead atoms. The molecule has 6 heteroatoms. The zero-order chi connectivity index (χ0) is 12.9. The van der Waals surface area contributed by atoms with Crippen LogP contribution in [0.25, 0.3) is 0 Å². The molecule has 0 fully saturated rings. The minimum atomic E-state index is -0.697. The first-order chi connectivity index (χ1) is 7.98. The highest BCUT2D eigenvalue weighted by Gasteiger charge is 2.29. The number of carbonyl (C=O) groups excluding carboxylic acids is 1. The van der Waals surface area contributed by atoms with Crippen LogP contribution >= 0.6 is 0 Å². The lowest BCUT2D eigenvalue weighted by molar-refractivity contribution is -0.128. The number of amides is 1. The third-order valence-corrected chi connectivity index (χ3v) is 2.61. The molecule has 0 unspecified atom stereocenters. The smallest absolute Gasteiger partial charge is 0.245 e. The van der Waals surface area contributed by atoms with Crippen molar-refractivity contribution in [3.8, 4) is 0 Å². The van der Waals surface area contributed by atoms with Crippen LogP contribution in [0.1, 0.15) is 20.3 Å². The fraction of sp³-hybridized carbons (Fsp3) is 0.636. The van der Waals surface area contributed by atoms with Crippen LogP contribution in [-0.4, -0.2) is 35.7 Å². The summed E-state index contributed by atoms with van der Waals surface area (Å²) in [6, 6.07) is 0. The van der Waals surface area contributed by atoms with Crippen LogP contribution in [0.4, 0.5) is 5.82 Å². The Morgan fingerprint density at radius 1 is 1.65 bits per heavy atom. The average molecular weight is 240 g/mol. The molecule has 6 nitrogen and oxygen atoms in total. The summed E-state index contributed by atoms with van der Waals surface area (Å²) >= 11 is 0. The fourth-order valence-corrected chi connectivity index (χ4v) is 1.40. The van der Waals surface area contributed by atoms with Gasteiger partial charge in [-0.2, -0.15) is 0 Å². The number of aromatic nitrogens is 2. The third kappa shape index (κ3) is 3.45. The SMILES string of the molecule is COCCCNC(=O)C(C)(C)n1cnc(N)c1. The number of nitrogens with two attached hydrogens (primary N) is 1. The van der Waals surface area contributed by atoms with Crippen LogP contribution in [0.15, 0.2) is 12.5 Å². The number of hydrogen-bond donors (Lipinski definition) is 2. The molecule has 96 valence electrons. The molecule has 0 atom stereocenters. The van der Waals surface area contributed by atoms with E-state index in [0.29, 0.717) is 19.0 Å². The topological polar surface area (TPSA) is 82.2 Å². The van der Waals surface area contributed by atoms with E-state index in [-0.39, 0.29) is 5.91 Å². The van der Waals surface area contributed by atoms with Gasteiger partial charge in [0.2, 0.25) is 5.91 Å². The number of nitrogens with zero attached hydrogens (tertiary/aromatic N) is 2. The van der Waals surface area contributed by atoms with Gasteiger partial charge in [0, 0.05) is 26.5 Å². The molecule has 0 spiro atoms. The minimum Gasteiger partial charge on any atom is -0.385 e. The Hall–Kier alpha value is -1.56. The van der Waals surface area contributed by atoms with E-state index < -0.39 is 5.54 Å². The maximum absolute atomic E-state index is 12.0. The Morgan fingerprint density at radius 3 is 2.88 bits per heavy atom. The maximum Gasteiger partial charge on any atom is 0.245 e. The number of rotatable bonds is 6. The molecular formula is C11H20N4O2. The highest BCUT2D eigenvalue weighted by molar-refractivity contribution is 5.83. The van der Waals surface area contributed by atoms with E-state index >= 15 is 0 Å². The number of nitrogen functional groups attached to an aromatic ring is 1. The normalized spacial score (nSPS) is 11.5. The van der Waals surface area contributed by atoms with Crippen molar-refractivity contribution in [3.63, 3.8) is 0 Å². The van der Waals surface area contributed by atoms with Gasteiger partial charge in [0.05, 0.1) is 6.33 Å². The van der Waals surface area contributed by atoms with Gasteiger partial charge < -0.3 is 20.4 Å². The van der Waals surface area contributed by atoms with Gasteiger partial charge in [-0.25, -0.2) is 4.98 Å². The van der Waals surface area contributed by atoms with Gasteiger partial charge in [-0.15, -0.1) is 0 Å². The summed E-state index contributed by atoms with van der Waals surface area (Å²) in [4.78, 5) is 15.9. The van der Waals surface area contributed by atoms with Gasteiger partial charge in [-0.3, -0.25) is 4.79 Å². The van der Waals surface area contributed by atoms with Gasteiger partial charge >= 0.3 is 0 Å². The zero-order valence-corrected chi connectivity index (χ0v) is 10.6. The van der Waals surface area contributed by atoms with Crippen LogP contribution in [0.3, 0.4) is 0 Å². The lowest BCUT2D eigenvalue weighted by Crippen LogP contribution is -2.44. The largest absolute Gasteiger partial charge is 0.385 e. The highest BCUT2D eigenvalue weighted by atomic mass is 16.5. The number of nitrogens with one attached hydrogen (secondary N) is 1. The zero-order valence-electron chi connectivity index (χ0n) is 10.6. The molecule has 0 saturated carbocycles. The van der Waals surface area contributed by atoms with Gasteiger partial charge in [0.15, 0.2) is 0 Å². The van der Waals surface area contributed by atoms with Crippen molar-refractivity contribution in [3.05, 3.63) is 12.5 Å². The van der Waals surface area contributed by atoms with E-state index in [4.69, 9.17) is 10.5 Å². The fourth-order valence-electron chi connectivity index (χ4n) is 1.40. The molecule has 17 heavy (non-hydrogen) atoms. The Morgan fingerprint density at radius 2 is 2.35 bits per heavy atom. The molecule has 0 aliphatic heterocycles. The summed E-state index contributed by atoms with van der Waals surface area (Å²) in [6.45, 7) is 4.87. The van der Waals surface area contributed by atoms with Crippen molar-refractivity contribution in [1.29, 1.82) is 0 Å². The van der Waals surface area contributed by atoms with Crippen LogP contribution < -0.4 is 11.1 Å². The first-order valence-electron chi connectivity index (χ1n) is 5.55. The molecule has 0 aliphatic carbocycles. The molecule has 1 aromatic heterocycles. The summed E-state index contributed by atoms with van der Waals surface area (Å²) in [7, 11) is 1.64. The number of carbonyl (C=O) groups is 1. The van der Waals surface area contributed by atoms with Gasteiger partial charge in [0.1, 0.15) is 11.4 Å². The van der Waals surface area contributed by atoms with E-state index in [9.17, 15) is 4.79 Å². The summed E-state index contributed by atoms with van der Waals surface area (Å²) in [5, 5.41) is 2.86. The predicted molar refractivity (Wildman–Crippen MR) is 65.5 cm³/mol. The average Bonchev–Trinajstić information content (AvgIpc) is 2.71. The Kier molecular flexibility index (Phi) is 4.51. The van der Waals surface area contributed by atoms with Crippen molar-refractivity contribution < 1.29 is 9.53 Å².